The van der Waals surface area contributed by atoms with Crippen molar-refractivity contribution in [2.45, 2.75) is 32.7 Å². The highest BCUT2D eigenvalue weighted by atomic mass is 16.6. The molecule has 3 aromatic rings. The zero-order valence-electron chi connectivity index (χ0n) is 15.8. The number of pyridine rings is 1. The van der Waals surface area contributed by atoms with Crippen LogP contribution in [0.3, 0.4) is 0 Å². The van der Waals surface area contributed by atoms with Crippen LogP contribution in [0.2, 0.25) is 0 Å². The highest BCUT2D eigenvalue weighted by Gasteiger charge is 2.26. The standard InChI is InChI=1S/C21H21N3O4/c1-12(2)14-6-8-15(9-7-14)19(23-13(3)25)17-11-18(24(27)28)16-5-4-10-22-20(16)21(17)26/h4-12,19,26H,1-3H3,(H,23,25)/t19-/m1/s1. The Labute approximate surface area is 162 Å². The summed E-state index contributed by atoms with van der Waals surface area (Å²) in [7, 11) is 0. The number of carbonyl (C=O) groups is 1. The molecule has 0 saturated heterocycles. The molecule has 0 bridgehead atoms. The van der Waals surface area contributed by atoms with Gasteiger partial charge in [0.05, 0.1) is 16.4 Å². The number of benzene rings is 2. The second-order valence-corrected chi connectivity index (χ2v) is 6.95. The monoisotopic (exact) mass is 379 g/mol. The van der Waals surface area contributed by atoms with E-state index in [0.29, 0.717) is 11.5 Å². The minimum absolute atomic E-state index is 0.126. The molecule has 0 unspecified atom stereocenters. The topological polar surface area (TPSA) is 105 Å². The first-order valence-corrected chi connectivity index (χ1v) is 8.91. The third-order valence-corrected chi connectivity index (χ3v) is 4.67. The van der Waals surface area contributed by atoms with Crippen molar-refractivity contribution in [3.05, 3.63) is 75.5 Å². The van der Waals surface area contributed by atoms with Crippen LogP contribution in [0.25, 0.3) is 10.9 Å². The van der Waals surface area contributed by atoms with Gasteiger partial charge in [-0.25, -0.2) is 0 Å². The van der Waals surface area contributed by atoms with Crippen LogP contribution in [0.4, 0.5) is 5.69 Å². The molecule has 7 heteroatoms. The maximum Gasteiger partial charge on any atom is 0.279 e. The van der Waals surface area contributed by atoms with Crippen LogP contribution in [0, 0.1) is 10.1 Å². The first kappa shape index (κ1) is 19.3. The van der Waals surface area contributed by atoms with E-state index in [4.69, 9.17) is 0 Å². The number of phenolic OH excluding ortho intramolecular Hbond substituents is 1. The van der Waals surface area contributed by atoms with Crippen LogP contribution in [0.5, 0.6) is 5.75 Å². The Bertz CT molecular complexity index is 1050. The molecule has 0 aliphatic carbocycles. The Morgan fingerprint density at radius 1 is 1.18 bits per heavy atom. The van der Waals surface area contributed by atoms with Crippen LogP contribution in [-0.4, -0.2) is 20.9 Å². The normalized spacial score (nSPS) is 12.1. The van der Waals surface area contributed by atoms with Crippen molar-refractivity contribution in [2.24, 2.45) is 0 Å². The number of nitrogens with zero attached hydrogens (tertiary/aromatic N) is 2. The molecular formula is C21H21N3O4. The molecular weight excluding hydrogens is 358 g/mol. The molecule has 0 aliphatic heterocycles. The van der Waals surface area contributed by atoms with Gasteiger partial charge in [-0.1, -0.05) is 38.1 Å². The third-order valence-electron chi connectivity index (χ3n) is 4.67. The number of non-ortho nitro benzene ring substituents is 1. The van der Waals surface area contributed by atoms with Gasteiger partial charge in [0, 0.05) is 24.8 Å². The van der Waals surface area contributed by atoms with Crippen LogP contribution < -0.4 is 5.32 Å². The van der Waals surface area contributed by atoms with E-state index in [9.17, 15) is 20.0 Å². The van der Waals surface area contributed by atoms with Crippen LogP contribution >= 0.6 is 0 Å². The summed E-state index contributed by atoms with van der Waals surface area (Å²) in [6, 6.07) is 11.3. The van der Waals surface area contributed by atoms with Gasteiger partial charge in [-0.05, 0) is 29.2 Å². The molecule has 1 atom stereocenters. The lowest BCUT2D eigenvalue weighted by atomic mass is 9.93. The lowest BCUT2D eigenvalue weighted by Gasteiger charge is -2.21. The van der Waals surface area contributed by atoms with E-state index in [1.807, 2.05) is 24.3 Å². The zero-order valence-corrected chi connectivity index (χ0v) is 15.8. The highest BCUT2D eigenvalue weighted by molar-refractivity contribution is 5.93. The third kappa shape index (κ3) is 3.64. The van der Waals surface area contributed by atoms with Gasteiger partial charge in [0.2, 0.25) is 5.91 Å². The zero-order chi connectivity index (χ0) is 20.4. The van der Waals surface area contributed by atoms with Gasteiger partial charge in [-0.3, -0.25) is 19.9 Å². The number of amides is 1. The quantitative estimate of drug-likeness (QED) is 0.511. The number of hydrogen-bond acceptors (Lipinski definition) is 5. The van der Waals surface area contributed by atoms with Gasteiger partial charge >= 0.3 is 0 Å². The van der Waals surface area contributed by atoms with Gasteiger partial charge < -0.3 is 10.4 Å². The molecule has 3 rings (SSSR count). The Hall–Kier alpha value is -3.48. The molecule has 0 radical (unpaired) electrons. The largest absolute Gasteiger partial charge is 0.505 e. The summed E-state index contributed by atoms with van der Waals surface area (Å²) in [5, 5.41) is 25.4. The van der Waals surface area contributed by atoms with E-state index in [1.165, 1.54) is 25.3 Å². The van der Waals surface area contributed by atoms with Crippen molar-refractivity contribution >= 4 is 22.5 Å². The van der Waals surface area contributed by atoms with Crippen molar-refractivity contribution in [1.29, 1.82) is 0 Å². The maximum absolute atomic E-state index is 11.8. The first-order chi connectivity index (χ1) is 13.3. The SMILES string of the molecule is CC(=O)N[C@H](c1ccc(C(C)C)cc1)c1cc([N+](=O)[O-])c2cccnc2c1O. The van der Waals surface area contributed by atoms with Crippen molar-refractivity contribution < 1.29 is 14.8 Å². The molecule has 0 spiro atoms. The van der Waals surface area contributed by atoms with Crippen LogP contribution in [0.15, 0.2) is 48.7 Å². The number of nitro benzene ring substituents is 1. The number of nitrogens with one attached hydrogen (secondary N) is 1. The van der Waals surface area contributed by atoms with Gasteiger partial charge in [0.1, 0.15) is 11.3 Å². The second-order valence-electron chi connectivity index (χ2n) is 6.95. The van der Waals surface area contributed by atoms with Crippen LogP contribution in [0.1, 0.15) is 49.4 Å². The van der Waals surface area contributed by atoms with Crippen molar-refractivity contribution in [3.63, 3.8) is 0 Å². The molecule has 7 nitrogen and oxygen atoms in total. The summed E-state index contributed by atoms with van der Waals surface area (Å²) in [5.74, 6) is -0.165. The number of aromatic nitrogens is 1. The van der Waals surface area contributed by atoms with Gasteiger partial charge in [0.15, 0.2) is 0 Å². The first-order valence-electron chi connectivity index (χ1n) is 8.91. The Kier molecular flexibility index (Phi) is 5.26. The van der Waals surface area contributed by atoms with Crippen molar-refractivity contribution in [2.75, 3.05) is 0 Å². The van der Waals surface area contributed by atoms with E-state index in [1.54, 1.807) is 6.07 Å². The molecule has 1 amide bonds. The summed E-state index contributed by atoms with van der Waals surface area (Å²) >= 11 is 0. The molecule has 0 fully saturated rings. The number of nitro groups is 1. The average molecular weight is 379 g/mol. The molecule has 0 saturated carbocycles. The molecule has 1 aromatic heterocycles. The summed E-state index contributed by atoms with van der Waals surface area (Å²) < 4.78 is 0. The maximum atomic E-state index is 11.8. The average Bonchev–Trinajstić information content (AvgIpc) is 2.66. The molecule has 0 aliphatic rings. The fraction of sp³-hybridized carbons (Fsp3) is 0.238. The van der Waals surface area contributed by atoms with E-state index in [2.05, 4.69) is 24.1 Å². The van der Waals surface area contributed by atoms with Crippen molar-refractivity contribution in [3.8, 4) is 5.75 Å². The van der Waals surface area contributed by atoms with Crippen LogP contribution in [-0.2, 0) is 4.79 Å². The minimum Gasteiger partial charge on any atom is -0.505 e. The lowest BCUT2D eigenvalue weighted by molar-refractivity contribution is -0.383. The molecule has 28 heavy (non-hydrogen) atoms. The fourth-order valence-corrected chi connectivity index (χ4v) is 3.22. The number of phenols is 1. The van der Waals surface area contributed by atoms with E-state index in [-0.39, 0.29) is 33.8 Å². The fourth-order valence-electron chi connectivity index (χ4n) is 3.22. The van der Waals surface area contributed by atoms with Gasteiger partial charge in [0.25, 0.3) is 5.69 Å². The number of hydrogen-bond donors (Lipinski definition) is 2. The second kappa shape index (κ2) is 7.64. The van der Waals surface area contributed by atoms with Crippen molar-refractivity contribution in [1.82, 2.24) is 10.3 Å². The predicted molar refractivity (Wildman–Crippen MR) is 106 cm³/mol. The van der Waals surface area contributed by atoms with E-state index < -0.39 is 11.0 Å². The summed E-state index contributed by atoms with van der Waals surface area (Å²) in [5.41, 5.74) is 2.01. The molecule has 2 N–H and O–H groups in total. The van der Waals surface area contributed by atoms with Gasteiger partial charge in [-0.2, -0.15) is 0 Å². The number of aromatic hydroxyl groups is 1. The summed E-state index contributed by atoms with van der Waals surface area (Å²) in [6.45, 7) is 5.51. The van der Waals surface area contributed by atoms with Gasteiger partial charge in [-0.15, -0.1) is 0 Å². The van der Waals surface area contributed by atoms with E-state index in [0.717, 1.165) is 5.56 Å². The number of carbonyl (C=O) groups excluding carboxylic acids is 1. The van der Waals surface area contributed by atoms with E-state index >= 15 is 0 Å². The number of rotatable bonds is 5. The Morgan fingerprint density at radius 3 is 2.39 bits per heavy atom. The minimum atomic E-state index is -0.746. The predicted octanol–water partition coefficient (Wildman–Crippen LogP) is 4.20. The molecule has 144 valence electrons. The Balaban J connectivity index is 2.23. The highest BCUT2D eigenvalue weighted by Crippen LogP contribution is 2.39. The molecule has 2 aromatic carbocycles. The smallest absolute Gasteiger partial charge is 0.279 e. The summed E-state index contributed by atoms with van der Waals surface area (Å²) in [4.78, 5) is 27.0. The Morgan fingerprint density at radius 2 is 1.82 bits per heavy atom. The summed E-state index contributed by atoms with van der Waals surface area (Å²) in [6.07, 6.45) is 1.46. The lowest BCUT2D eigenvalue weighted by Crippen LogP contribution is -2.27. The molecule has 1 heterocycles. The number of fused-ring (bicyclic) bond motifs is 1.